The van der Waals surface area contributed by atoms with E-state index >= 15 is 0 Å². The van der Waals surface area contributed by atoms with Gasteiger partial charge in [0.25, 0.3) is 5.19 Å². The van der Waals surface area contributed by atoms with E-state index in [4.69, 9.17) is 4.74 Å². The van der Waals surface area contributed by atoms with Crippen LogP contribution in [0.4, 0.5) is 5.69 Å². The van der Waals surface area contributed by atoms with E-state index in [0.717, 1.165) is 40.2 Å². The van der Waals surface area contributed by atoms with Gasteiger partial charge in [-0.25, -0.2) is 9.78 Å². The van der Waals surface area contributed by atoms with Crippen molar-refractivity contribution in [3.63, 3.8) is 0 Å². The summed E-state index contributed by atoms with van der Waals surface area (Å²) < 4.78 is 7.89. The third kappa shape index (κ3) is 3.62. The normalized spacial score (nSPS) is 13.6. The Bertz CT molecular complexity index is 1370. The van der Waals surface area contributed by atoms with Gasteiger partial charge in [-0.2, -0.15) is 0 Å². The molecular weight excluding hydrogens is 426 g/mol. The van der Waals surface area contributed by atoms with Gasteiger partial charge in [-0.3, -0.25) is 4.79 Å². The lowest BCUT2D eigenvalue weighted by atomic mass is 10.1. The molecule has 1 N–H and O–H groups in total. The Kier molecular flexibility index (Phi) is 5.14. The van der Waals surface area contributed by atoms with Crippen LogP contribution in [0, 0.1) is 0 Å². The highest BCUT2D eigenvalue weighted by molar-refractivity contribution is 7.20. The standard InChI is InChI=1S/C24H21N3O4S/c1-31-24-25-19-9-8-17(12-22(19)32-24)27-14-18(23(29)30)21(28)13-20(27)15-4-6-16(7-5-15)26-10-2-3-11-26/h4-9,12-14H,2-3,10-11H2,1H3,(H,29,30). The number of nitrogens with zero attached hydrogens (tertiary/aromatic N) is 3. The maximum atomic E-state index is 12.5. The minimum atomic E-state index is -1.25. The van der Waals surface area contributed by atoms with Crippen molar-refractivity contribution >= 4 is 33.2 Å². The zero-order chi connectivity index (χ0) is 22.2. The van der Waals surface area contributed by atoms with E-state index < -0.39 is 11.4 Å². The summed E-state index contributed by atoms with van der Waals surface area (Å²) in [7, 11) is 1.57. The van der Waals surface area contributed by atoms with E-state index in [1.165, 1.54) is 36.4 Å². The van der Waals surface area contributed by atoms with Crippen LogP contribution in [0.3, 0.4) is 0 Å². The van der Waals surface area contributed by atoms with Gasteiger partial charge >= 0.3 is 5.97 Å². The van der Waals surface area contributed by atoms with Crippen molar-refractivity contribution in [2.45, 2.75) is 12.8 Å². The molecule has 0 amide bonds. The first-order valence-electron chi connectivity index (χ1n) is 10.3. The molecular formula is C24H21N3O4S. The number of rotatable bonds is 5. The first-order valence-corrected chi connectivity index (χ1v) is 11.2. The molecule has 8 heteroatoms. The second-order valence-electron chi connectivity index (χ2n) is 7.69. The number of hydrogen-bond acceptors (Lipinski definition) is 6. The zero-order valence-electron chi connectivity index (χ0n) is 17.4. The van der Waals surface area contributed by atoms with Crippen LogP contribution in [0.1, 0.15) is 23.2 Å². The quantitative estimate of drug-likeness (QED) is 0.488. The lowest BCUT2D eigenvalue weighted by Gasteiger charge is -2.19. The van der Waals surface area contributed by atoms with Crippen LogP contribution in [0.2, 0.25) is 0 Å². The predicted octanol–water partition coefficient (Wildman–Crippen LogP) is 4.42. The van der Waals surface area contributed by atoms with E-state index in [-0.39, 0.29) is 5.56 Å². The van der Waals surface area contributed by atoms with Gasteiger partial charge in [-0.05, 0) is 48.7 Å². The molecule has 32 heavy (non-hydrogen) atoms. The van der Waals surface area contributed by atoms with Gasteiger partial charge in [-0.15, -0.1) is 0 Å². The van der Waals surface area contributed by atoms with Crippen molar-refractivity contribution < 1.29 is 14.6 Å². The van der Waals surface area contributed by atoms with Gasteiger partial charge < -0.3 is 19.3 Å². The molecule has 1 fully saturated rings. The summed E-state index contributed by atoms with van der Waals surface area (Å²) in [5.41, 5.74) is 3.36. The minimum Gasteiger partial charge on any atom is -0.477 e. The van der Waals surface area contributed by atoms with E-state index in [9.17, 15) is 14.7 Å². The van der Waals surface area contributed by atoms with Gasteiger partial charge in [0.2, 0.25) is 0 Å². The highest BCUT2D eigenvalue weighted by Crippen LogP contribution is 2.31. The monoisotopic (exact) mass is 447 g/mol. The number of pyridine rings is 1. The number of anilines is 1. The highest BCUT2D eigenvalue weighted by atomic mass is 32.1. The molecule has 0 radical (unpaired) electrons. The summed E-state index contributed by atoms with van der Waals surface area (Å²) >= 11 is 1.41. The Hall–Kier alpha value is -3.65. The topological polar surface area (TPSA) is 84.7 Å². The summed E-state index contributed by atoms with van der Waals surface area (Å²) in [5, 5.41) is 10.1. The summed E-state index contributed by atoms with van der Waals surface area (Å²) in [6.45, 7) is 2.10. The van der Waals surface area contributed by atoms with Crippen molar-refractivity contribution in [1.29, 1.82) is 0 Å². The van der Waals surface area contributed by atoms with Crippen LogP contribution in [0.25, 0.3) is 27.2 Å². The first-order chi connectivity index (χ1) is 15.5. The van der Waals surface area contributed by atoms with Crippen molar-refractivity contribution in [2.75, 3.05) is 25.1 Å². The maximum absolute atomic E-state index is 12.5. The molecule has 0 atom stereocenters. The molecule has 0 aliphatic carbocycles. The van der Waals surface area contributed by atoms with Crippen molar-refractivity contribution in [1.82, 2.24) is 9.55 Å². The second kappa shape index (κ2) is 8.12. The fourth-order valence-electron chi connectivity index (χ4n) is 4.08. The van der Waals surface area contributed by atoms with E-state index in [0.29, 0.717) is 10.9 Å². The molecule has 3 heterocycles. The number of fused-ring (bicyclic) bond motifs is 1. The fraction of sp³-hybridized carbons (Fsp3) is 0.208. The number of carboxylic acid groups (broad SMARTS) is 1. The Morgan fingerprint density at radius 2 is 1.78 bits per heavy atom. The molecule has 1 aliphatic rings. The van der Waals surface area contributed by atoms with E-state index in [2.05, 4.69) is 22.0 Å². The second-order valence-corrected chi connectivity index (χ2v) is 8.68. The number of ether oxygens (including phenoxy) is 1. The molecule has 4 aromatic rings. The molecule has 2 aromatic heterocycles. The molecule has 1 saturated heterocycles. The Balaban J connectivity index is 1.65. The summed E-state index contributed by atoms with van der Waals surface area (Å²) in [4.78, 5) is 30.9. The third-order valence-electron chi connectivity index (χ3n) is 5.72. The summed E-state index contributed by atoms with van der Waals surface area (Å²) in [5.74, 6) is -1.25. The fourth-order valence-corrected chi connectivity index (χ4v) is 4.89. The number of carboxylic acids is 1. The number of aromatic nitrogens is 2. The number of carbonyl (C=O) groups is 1. The molecule has 0 saturated carbocycles. The first kappa shape index (κ1) is 20.3. The predicted molar refractivity (Wildman–Crippen MR) is 126 cm³/mol. The average Bonchev–Trinajstić information content (AvgIpc) is 3.48. The Morgan fingerprint density at radius 1 is 1.06 bits per heavy atom. The minimum absolute atomic E-state index is 0.274. The molecule has 5 rings (SSSR count). The number of thiazole rings is 1. The highest BCUT2D eigenvalue weighted by Gasteiger charge is 2.17. The molecule has 1 aliphatic heterocycles. The van der Waals surface area contributed by atoms with Gasteiger partial charge in [0, 0.05) is 36.7 Å². The molecule has 0 bridgehead atoms. The van der Waals surface area contributed by atoms with Crippen LogP contribution >= 0.6 is 11.3 Å². The van der Waals surface area contributed by atoms with Gasteiger partial charge in [0.15, 0.2) is 5.43 Å². The van der Waals surface area contributed by atoms with Crippen LogP contribution < -0.4 is 15.1 Å². The number of methoxy groups -OCH3 is 1. The molecule has 2 aromatic carbocycles. The van der Waals surface area contributed by atoms with Crippen LogP contribution in [0.5, 0.6) is 5.19 Å². The van der Waals surface area contributed by atoms with E-state index in [1.807, 2.05) is 30.3 Å². The van der Waals surface area contributed by atoms with Crippen molar-refractivity contribution in [3.05, 3.63) is 70.5 Å². The lowest BCUT2D eigenvalue weighted by molar-refractivity contribution is 0.0695. The van der Waals surface area contributed by atoms with Crippen molar-refractivity contribution in [2.24, 2.45) is 0 Å². The Morgan fingerprint density at radius 3 is 2.47 bits per heavy atom. The van der Waals surface area contributed by atoms with Crippen molar-refractivity contribution in [3.8, 4) is 22.1 Å². The number of aromatic carboxylic acids is 1. The largest absolute Gasteiger partial charge is 0.477 e. The molecule has 0 spiro atoms. The summed E-state index contributed by atoms with van der Waals surface area (Å²) in [6.07, 6.45) is 3.79. The van der Waals surface area contributed by atoms with Crippen LogP contribution in [-0.4, -0.2) is 40.8 Å². The maximum Gasteiger partial charge on any atom is 0.341 e. The molecule has 0 unspecified atom stereocenters. The van der Waals surface area contributed by atoms with Crippen LogP contribution in [-0.2, 0) is 0 Å². The number of benzene rings is 2. The summed E-state index contributed by atoms with van der Waals surface area (Å²) in [6, 6.07) is 15.1. The lowest BCUT2D eigenvalue weighted by Crippen LogP contribution is -2.18. The van der Waals surface area contributed by atoms with Gasteiger partial charge in [-0.1, -0.05) is 23.5 Å². The molecule has 7 nitrogen and oxygen atoms in total. The third-order valence-corrected chi connectivity index (χ3v) is 6.70. The average molecular weight is 448 g/mol. The molecule has 162 valence electrons. The van der Waals surface area contributed by atoms with Gasteiger partial charge in [0.05, 0.1) is 23.0 Å². The zero-order valence-corrected chi connectivity index (χ0v) is 18.3. The number of hydrogen-bond donors (Lipinski definition) is 1. The smallest absolute Gasteiger partial charge is 0.341 e. The van der Waals surface area contributed by atoms with Crippen LogP contribution in [0.15, 0.2) is 59.5 Å². The van der Waals surface area contributed by atoms with Gasteiger partial charge in [0.1, 0.15) is 5.56 Å². The SMILES string of the molecule is COc1nc2ccc(-n3cc(C(=O)O)c(=O)cc3-c3ccc(N4CCCC4)cc3)cc2s1. The Labute approximate surface area is 188 Å². The van der Waals surface area contributed by atoms with E-state index in [1.54, 1.807) is 11.7 Å².